The van der Waals surface area contributed by atoms with Crippen LogP contribution in [0.5, 0.6) is 0 Å². The monoisotopic (exact) mass is 318 g/mol. The van der Waals surface area contributed by atoms with Gasteiger partial charge in [0, 0.05) is 13.1 Å². The number of nitriles is 1. The van der Waals surface area contributed by atoms with E-state index in [-0.39, 0.29) is 6.10 Å². The van der Waals surface area contributed by atoms with Crippen LogP contribution in [0.2, 0.25) is 0 Å². The summed E-state index contributed by atoms with van der Waals surface area (Å²) in [7, 11) is 0. The van der Waals surface area contributed by atoms with Gasteiger partial charge in [-0.2, -0.15) is 5.26 Å². The number of anilines is 1. The van der Waals surface area contributed by atoms with Crippen LogP contribution in [0.3, 0.4) is 0 Å². The second-order valence-electron chi connectivity index (χ2n) is 6.18. The lowest BCUT2D eigenvalue weighted by Crippen LogP contribution is -2.25. The van der Waals surface area contributed by atoms with Gasteiger partial charge in [0.05, 0.1) is 35.3 Å². The fourth-order valence-corrected chi connectivity index (χ4v) is 3.25. The molecule has 1 fully saturated rings. The number of β-amino-alcohol motifs (C(OH)–C–C–N with tert-alkyl or cyclic N) is 1. The van der Waals surface area contributed by atoms with E-state index in [2.05, 4.69) is 21.6 Å². The highest BCUT2D eigenvalue weighted by Crippen LogP contribution is 2.26. The molecule has 1 aliphatic rings. The summed E-state index contributed by atoms with van der Waals surface area (Å²) < 4.78 is 2.19. The van der Waals surface area contributed by atoms with Crippen molar-refractivity contribution in [2.24, 2.45) is 0 Å². The van der Waals surface area contributed by atoms with Crippen molar-refractivity contribution in [2.75, 3.05) is 18.0 Å². The van der Waals surface area contributed by atoms with Crippen LogP contribution in [0.25, 0.3) is 11.0 Å². The van der Waals surface area contributed by atoms with Gasteiger partial charge in [-0.1, -0.05) is 24.3 Å². The number of benzene rings is 2. The molecule has 4 rings (SSSR count). The highest BCUT2D eigenvalue weighted by molar-refractivity contribution is 5.79. The first-order chi connectivity index (χ1) is 11.7. The van der Waals surface area contributed by atoms with Gasteiger partial charge in [0.25, 0.3) is 0 Å². The predicted octanol–water partition coefficient (Wildman–Crippen LogP) is 2.53. The average Bonchev–Trinajstić information content (AvgIpc) is 3.20. The molecule has 1 saturated heterocycles. The number of aliphatic hydroxyl groups is 1. The van der Waals surface area contributed by atoms with Crippen LogP contribution in [0.15, 0.2) is 48.5 Å². The average molecular weight is 318 g/mol. The van der Waals surface area contributed by atoms with Crippen LogP contribution in [-0.2, 0) is 6.54 Å². The Hall–Kier alpha value is -2.84. The molecular formula is C19H18N4O. The Morgan fingerprint density at radius 3 is 2.67 bits per heavy atom. The quantitative estimate of drug-likeness (QED) is 0.806. The normalized spacial score (nSPS) is 17.3. The molecule has 1 aliphatic heterocycles. The standard InChI is InChI=1S/C19H18N4O/c20-11-14-5-7-15(8-6-14)12-23-18-4-2-1-3-17(18)21-19(23)22-10-9-16(24)13-22/h1-8,16,24H,9-10,12-13H2. The van der Waals surface area contributed by atoms with Gasteiger partial charge < -0.3 is 14.6 Å². The van der Waals surface area contributed by atoms with E-state index in [1.54, 1.807) is 0 Å². The molecular weight excluding hydrogens is 300 g/mol. The number of nitrogens with zero attached hydrogens (tertiary/aromatic N) is 4. The minimum Gasteiger partial charge on any atom is -0.391 e. The zero-order valence-corrected chi connectivity index (χ0v) is 13.3. The first-order valence-corrected chi connectivity index (χ1v) is 8.12. The van der Waals surface area contributed by atoms with Gasteiger partial charge >= 0.3 is 0 Å². The molecule has 1 N–H and O–H groups in total. The summed E-state index contributed by atoms with van der Waals surface area (Å²) in [5.74, 6) is 0.900. The van der Waals surface area contributed by atoms with Crippen molar-refractivity contribution >= 4 is 17.0 Å². The number of para-hydroxylation sites is 2. The van der Waals surface area contributed by atoms with E-state index in [1.807, 2.05) is 42.5 Å². The van der Waals surface area contributed by atoms with Gasteiger partial charge in [-0.25, -0.2) is 4.98 Å². The van der Waals surface area contributed by atoms with E-state index in [1.165, 1.54) is 0 Å². The van der Waals surface area contributed by atoms with Crippen molar-refractivity contribution in [3.05, 3.63) is 59.7 Å². The van der Waals surface area contributed by atoms with Gasteiger partial charge in [0.15, 0.2) is 0 Å². The predicted molar refractivity (Wildman–Crippen MR) is 92.8 cm³/mol. The Morgan fingerprint density at radius 1 is 1.17 bits per heavy atom. The summed E-state index contributed by atoms with van der Waals surface area (Å²) in [6, 6.07) is 17.9. The van der Waals surface area contributed by atoms with Gasteiger partial charge in [-0.15, -0.1) is 0 Å². The molecule has 0 bridgehead atoms. The molecule has 24 heavy (non-hydrogen) atoms. The largest absolute Gasteiger partial charge is 0.391 e. The molecule has 1 unspecified atom stereocenters. The zero-order chi connectivity index (χ0) is 16.5. The lowest BCUT2D eigenvalue weighted by molar-refractivity contribution is 0.198. The minimum absolute atomic E-state index is 0.284. The summed E-state index contributed by atoms with van der Waals surface area (Å²) >= 11 is 0. The third kappa shape index (κ3) is 2.61. The number of fused-ring (bicyclic) bond motifs is 1. The van der Waals surface area contributed by atoms with E-state index in [0.29, 0.717) is 18.7 Å². The maximum absolute atomic E-state index is 9.86. The number of imidazole rings is 1. The fourth-order valence-electron chi connectivity index (χ4n) is 3.25. The van der Waals surface area contributed by atoms with Crippen LogP contribution in [0.1, 0.15) is 17.5 Å². The van der Waals surface area contributed by atoms with E-state index in [4.69, 9.17) is 10.2 Å². The van der Waals surface area contributed by atoms with Crippen molar-refractivity contribution in [1.29, 1.82) is 5.26 Å². The maximum Gasteiger partial charge on any atom is 0.206 e. The van der Waals surface area contributed by atoms with Crippen LogP contribution in [-0.4, -0.2) is 33.9 Å². The molecule has 0 saturated carbocycles. The van der Waals surface area contributed by atoms with Crippen molar-refractivity contribution in [3.63, 3.8) is 0 Å². The molecule has 0 amide bonds. The van der Waals surface area contributed by atoms with E-state index in [0.717, 1.165) is 35.5 Å². The van der Waals surface area contributed by atoms with Gasteiger partial charge in [0.2, 0.25) is 5.95 Å². The van der Waals surface area contributed by atoms with Crippen molar-refractivity contribution in [2.45, 2.75) is 19.1 Å². The van der Waals surface area contributed by atoms with Crippen LogP contribution >= 0.6 is 0 Å². The van der Waals surface area contributed by atoms with E-state index >= 15 is 0 Å². The van der Waals surface area contributed by atoms with Gasteiger partial charge in [-0.05, 0) is 36.2 Å². The van der Waals surface area contributed by atoms with E-state index in [9.17, 15) is 5.11 Å². The number of hydrogen-bond acceptors (Lipinski definition) is 4. The number of aromatic nitrogens is 2. The summed E-state index contributed by atoms with van der Waals surface area (Å²) in [4.78, 5) is 6.93. The van der Waals surface area contributed by atoms with Crippen LogP contribution in [0, 0.1) is 11.3 Å². The molecule has 5 nitrogen and oxygen atoms in total. The molecule has 3 aromatic rings. The number of hydrogen-bond donors (Lipinski definition) is 1. The zero-order valence-electron chi connectivity index (χ0n) is 13.3. The van der Waals surface area contributed by atoms with Crippen molar-refractivity contribution in [1.82, 2.24) is 9.55 Å². The summed E-state index contributed by atoms with van der Waals surface area (Å²) in [6.07, 6.45) is 0.494. The lowest BCUT2D eigenvalue weighted by Gasteiger charge is -2.19. The smallest absolute Gasteiger partial charge is 0.206 e. The second-order valence-corrected chi connectivity index (χ2v) is 6.18. The third-order valence-electron chi connectivity index (χ3n) is 4.50. The molecule has 0 spiro atoms. The molecule has 0 radical (unpaired) electrons. The molecule has 2 heterocycles. The Kier molecular flexibility index (Phi) is 3.68. The highest BCUT2D eigenvalue weighted by Gasteiger charge is 2.25. The molecule has 5 heteroatoms. The number of rotatable bonds is 3. The fraction of sp³-hybridized carbons (Fsp3) is 0.263. The highest BCUT2D eigenvalue weighted by atomic mass is 16.3. The molecule has 0 aliphatic carbocycles. The molecule has 1 aromatic heterocycles. The van der Waals surface area contributed by atoms with E-state index < -0.39 is 0 Å². The third-order valence-corrected chi connectivity index (χ3v) is 4.50. The van der Waals surface area contributed by atoms with Crippen LogP contribution < -0.4 is 4.90 Å². The summed E-state index contributed by atoms with van der Waals surface area (Å²) in [5, 5.41) is 18.8. The second kappa shape index (κ2) is 5.99. The Labute approximate surface area is 140 Å². The SMILES string of the molecule is N#Cc1ccc(Cn2c(N3CCC(O)C3)nc3ccccc32)cc1. The Morgan fingerprint density at radius 2 is 1.96 bits per heavy atom. The van der Waals surface area contributed by atoms with Gasteiger partial charge in [0.1, 0.15) is 0 Å². The first-order valence-electron chi connectivity index (χ1n) is 8.12. The molecule has 120 valence electrons. The lowest BCUT2D eigenvalue weighted by atomic mass is 10.1. The topological polar surface area (TPSA) is 65.1 Å². The van der Waals surface area contributed by atoms with Gasteiger partial charge in [-0.3, -0.25) is 0 Å². The molecule has 2 aromatic carbocycles. The summed E-state index contributed by atoms with van der Waals surface area (Å²) in [6.45, 7) is 2.13. The molecule has 1 atom stereocenters. The Balaban J connectivity index is 1.75. The van der Waals surface area contributed by atoms with Crippen LogP contribution in [0.4, 0.5) is 5.95 Å². The maximum atomic E-state index is 9.86. The van der Waals surface area contributed by atoms with Crippen molar-refractivity contribution < 1.29 is 5.11 Å². The minimum atomic E-state index is -0.284. The summed E-state index contributed by atoms with van der Waals surface area (Å²) in [5.41, 5.74) is 3.83. The van der Waals surface area contributed by atoms with Crippen molar-refractivity contribution in [3.8, 4) is 6.07 Å². The Bertz CT molecular complexity index is 907. The number of aliphatic hydroxyl groups excluding tert-OH is 1. The first kappa shape index (κ1) is 14.7.